The second-order valence-corrected chi connectivity index (χ2v) is 6.73. The first-order valence-electron chi connectivity index (χ1n) is 8.79. The summed E-state index contributed by atoms with van der Waals surface area (Å²) in [7, 11) is 1.79. The number of ether oxygens (including phenoxy) is 2. The molecule has 138 valence electrons. The van der Waals surface area contributed by atoms with Crippen LogP contribution in [0, 0.1) is 13.8 Å². The summed E-state index contributed by atoms with van der Waals surface area (Å²) in [4.78, 5) is 14.4. The largest absolute Gasteiger partial charge is 0.454 e. The Hall–Kier alpha value is -3.28. The average molecular weight is 363 g/mol. The molecular formula is C21H21N3O3. The van der Waals surface area contributed by atoms with Gasteiger partial charge in [0.05, 0.1) is 11.4 Å². The first-order valence-corrected chi connectivity index (χ1v) is 8.79. The molecule has 0 atom stereocenters. The molecule has 1 amide bonds. The topological polar surface area (TPSA) is 56.6 Å². The minimum Gasteiger partial charge on any atom is -0.454 e. The molecule has 0 unspecified atom stereocenters. The van der Waals surface area contributed by atoms with Gasteiger partial charge in [-0.25, -0.2) is 4.68 Å². The third-order valence-corrected chi connectivity index (χ3v) is 4.57. The fourth-order valence-corrected chi connectivity index (χ4v) is 3.24. The van der Waals surface area contributed by atoms with Crippen LogP contribution in [0.4, 0.5) is 0 Å². The summed E-state index contributed by atoms with van der Waals surface area (Å²) in [5.74, 6) is 1.43. The van der Waals surface area contributed by atoms with E-state index in [1.165, 1.54) is 0 Å². The molecule has 1 aliphatic heterocycles. The number of amides is 1. The lowest BCUT2D eigenvalue weighted by Crippen LogP contribution is -2.26. The van der Waals surface area contributed by atoms with Crippen LogP contribution in [0.25, 0.3) is 5.69 Å². The van der Waals surface area contributed by atoms with E-state index >= 15 is 0 Å². The van der Waals surface area contributed by atoms with E-state index in [-0.39, 0.29) is 12.7 Å². The Balaban J connectivity index is 1.48. The van der Waals surface area contributed by atoms with Crippen molar-refractivity contribution in [2.24, 2.45) is 0 Å². The number of aromatic nitrogens is 2. The molecule has 27 heavy (non-hydrogen) atoms. The third-order valence-electron chi connectivity index (χ3n) is 4.57. The molecule has 4 rings (SSSR count). The van der Waals surface area contributed by atoms with Gasteiger partial charge in [0.1, 0.15) is 0 Å². The molecular weight excluding hydrogens is 342 g/mol. The van der Waals surface area contributed by atoms with Gasteiger partial charge in [-0.2, -0.15) is 5.10 Å². The van der Waals surface area contributed by atoms with E-state index in [0.717, 1.165) is 34.1 Å². The summed E-state index contributed by atoms with van der Waals surface area (Å²) in [6.07, 6.45) is 0. The Labute approximate surface area is 157 Å². The van der Waals surface area contributed by atoms with Crippen LogP contribution in [0.5, 0.6) is 11.5 Å². The first-order chi connectivity index (χ1) is 13.0. The van der Waals surface area contributed by atoms with E-state index < -0.39 is 0 Å². The number of carbonyl (C=O) groups is 1. The van der Waals surface area contributed by atoms with E-state index in [1.54, 1.807) is 11.9 Å². The van der Waals surface area contributed by atoms with Crippen LogP contribution >= 0.6 is 0 Å². The molecule has 0 saturated heterocycles. The van der Waals surface area contributed by atoms with Crippen LogP contribution in [-0.4, -0.2) is 34.4 Å². The second kappa shape index (κ2) is 6.79. The van der Waals surface area contributed by atoms with Gasteiger partial charge in [-0.1, -0.05) is 6.07 Å². The molecule has 0 aliphatic carbocycles. The zero-order valence-corrected chi connectivity index (χ0v) is 15.6. The number of benzene rings is 2. The highest BCUT2D eigenvalue weighted by atomic mass is 16.7. The number of rotatable bonds is 4. The van der Waals surface area contributed by atoms with E-state index in [9.17, 15) is 4.79 Å². The van der Waals surface area contributed by atoms with Gasteiger partial charge in [0, 0.05) is 24.8 Å². The average Bonchev–Trinajstić information content (AvgIpc) is 3.26. The zero-order valence-electron chi connectivity index (χ0n) is 15.6. The van der Waals surface area contributed by atoms with Crippen molar-refractivity contribution in [3.63, 3.8) is 0 Å². The molecule has 1 aliphatic rings. The minimum atomic E-state index is -0.0346. The van der Waals surface area contributed by atoms with E-state index in [0.29, 0.717) is 12.1 Å². The Morgan fingerprint density at radius 1 is 1.07 bits per heavy atom. The van der Waals surface area contributed by atoms with Crippen LogP contribution in [0.2, 0.25) is 0 Å². The number of nitrogens with zero attached hydrogens (tertiary/aromatic N) is 3. The molecule has 0 fully saturated rings. The Bertz CT molecular complexity index is 992. The number of fused-ring (bicyclic) bond motifs is 1. The van der Waals surface area contributed by atoms with Crippen molar-refractivity contribution in [1.82, 2.24) is 14.7 Å². The summed E-state index contributed by atoms with van der Waals surface area (Å²) >= 11 is 0. The number of aryl methyl sites for hydroxylation is 2. The molecule has 0 spiro atoms. The van der Waals surface area contributed by atoms with Crippen LogP contribution in [0.1, 0.15) is 27.3 Å². The monoisotopic (exact) mass is 363 g/mol. The van der Waals surface area contributed by atoms with Gasteiger partial charge >= 0.3 is 0 Å². The van der Waals surface area contributed by atoms with E-state index in [4.69, 9.17) is 9.47 Å². The van der Waals surface area contributed by atoms with Crippen LogP contribution in [0.15, 0.2) is 48.5 Å². The molecule has 6 heteroatoms. The van der Waals surface area contributed by atoms with Crippen molar-refractivity contribution in [1.29, 1.82) is 0 Å². The van der Waals surface area contributed by atoms with Crippen LogP contribution < -0.4 is 9.47 Å². The molecule has 0 saturated carbocycles. The Morgan fingerprint density at radius 2 is 1.81 bits per heavy atom. The molecule has 1 aromatic heterocycles. The van der Waals surface area contributed by atoms with Crippen LogP contribution in [-0.2, 0) is 6.54 Å². The highest BCUT2D eigenvalue weighted by Gasteiger charge is 2.16. The zero-order chi connectivity index (χ0) is 19.0. The molecule has 6 nitrogen and oxygen atoms in total. The highest BCUT2D eigenvalue weighted by molar-refractivity contribution is 5.94. The predicted molar refractivity (Wildman–Crippen MR) is 101 cm³/mol. The lowest BCUT2D eigenvalue weighted by atomic mass is 10.1. The first kappa shape index (κ1) is 17.1. The molecule has 2 aromatic carbocycles. The van der Waals surface area contributed by atoms with Gasteiger partial charge in [0.2, 0.25) is 6.79 Å². The number of hydrogen-bond donors (Lipinski definition) is 0. The second-order valence-electron chi connectivity index (χ2n) is 6.73. The molecule has 3 aromatic rings. The Morgan fingerprint density at radius 3 is 2.52 bits per heavy atom. The van der Waals surface area contributed by atoms with E-state index in [1.807, 2.05) is 67.1 Å². The minimum absolute atomic E-state index is 0.0346. The Kier molecular flexibility index (Phi) is 4.32. The van der Waals surface area contributed by atoms with Crippen molar-refractivity contribution in [2.45, 2.75) is 20.4 Å². The molecule has 0 N–H and O–H groups in total. The normalized spacial score (nSPS) is 12.3. The van der Waals surface area contributed by atoms with Crippen molar-refractivity contribution < 1.29 is 14.3 Å². The lowest BCUT2D eigenvalue weighted by molar-refractivity contribution is 0.0785. The fourth-order valence-electron chi connectivity index (χ4n) is 3.24. The summed E-state index contributed by atoms with van der Waals surface area (Å²) < 4.78 is 12.6. The van der Waals surface area contributed by atoms with Gasteiger partial charge in [-0.3, -0.25) is 4.79 Å². The van der Waals surface area contributed by atoms with Crippen molar-refractivity contribution in [2.75, 3.05) is 13.8 Å². The van der Waals surface area contributed by atoms with Crippen molar-refractivity contribution >= 4 is 5.91 Å². The van der Waals surface area contributed by atoms with Gasteiger partial charge in [-0.05, 0) is 61.9 Å². The number of hydrogen-bond acceptors (Lipinski definition) is 4. The SMILES string of the molecule is Cc1cc(C)n(-c2ccc(C(=O)N(C)Cc3ccc4c(c3)OCO4)cc2)n1. The van der Waals surface area contributed by atoms with Crippen LogP contribution in [0.3, 0.4) is 0 Å². The van der Waals surface area contributed by atoms with Gasteiger partial charge < -0.3 is 14.4 Å². The van der Waals surface area contributed by atoms with Gasteiger partial charge in [-0.15, -0.1) is 0 Å². The lowest BCUT2D eigenvalue weighted by Gasteiger charge is -2.18. The summed E-state index contributed by atoms with van der Waals surface area (Å²) in [6, 6.07) is 15.3. The van der Waals surface area contributed by atoms with Crippen molar-refractivity contribution in [3.8, 4) is 17.2 Å². The van der Waals surface area contributed by atoms with Gasteiger partial charge in [0.25, 0.3) is 5.91 Å². The summed E-state index contributed by atoms with van der Waals surface area (Å²) in [5, 5.41) is 4.47. The standard InChI is InChI=1S/C21H21N3O3/c1-14-10-15(2)24(22-14)18-7-5-17(6-8-18)21(25)23(3)12-16-4-9-19-20(11-16)27-13-26-19/h4-11H,12-13H2,1-3H3. The maximum absolute atomic E-state index is 12.7. The smallest absolute Gasteiger partial charge is 0.253 e. The maximum atomic E-state index is 12.7. The maximum Gasteiger partial charge on any atom is 0.253 e. The summed E-state index contributed by atoms with van der Waals surface area (Å²) in [6.45, 7) is 4.72. The third kappa shape index (κ3) is 3.38. The molecule has 0 radical (unpaired) electrons. The van der Waals surface area contributed by atoms with Gasteiger partial charge in [0.15, 0.2) is 11.5 Å². The fraction of sp³-hybridized carbons (Fsp3) is 0.238. The molecule has 2 heterocycles. The predicted octanol–water partition coefficient (Wildman–Crippen LogP) is 3.49. The quantitative estimate of drug-likeness (QED) is 0.712. The highest BCUT2D eigenvalue weighted by Crippen LogP contribution is 2.32. The number of carbonyl (C=O) groups excluding carboxylic acids is 1. The molecule has 0 bridgehead atoms. The van der Waals surface area contributed by atoms with Crippen molar-refractivity contribution in [3.05, 3.63) is 71.0 Å². The summed E-state index contributed by atoms with van der Waals surface area (Å²) in [5.41, 5.74) is 4.61. The van der Waals surface area contributed by atoms with E-state index in [2.05, 4.69) is 5.10 Å².